The lowest BCUT2D eigenvalue weighted by atomic mass is 10.0. The van der Waals surface area contributed by atoms with Gasteiger partial charge in [-0.15, -0.1) is 11.3 Å². The van der Waals surface area contributed by atoms with Crippen LogP contribution in [0.2, 0.25) is 0 Å². The van der Waals surface area contributed by atoms with Crippen LogP contribution in [0.1, 0.15) is 27.9 Å². The summed E-state index contributed by atoms with van der Waals surface area (Å²) in [5.74, 6) is 2.33. The molecular weight excluding hydrogens is 272 g/mol. The van der Waals surface area contributed by atoms with Gasteiger partial charge in [-0.1, -0.05) is 24.3 Å². The Balaban J connectivity index is 1.59. The van der Waals surface area contributed by atoms with Crippen molar-refractivity contribution >= 4 is 23.1 Å². The normalized spacial score (nSPS) is 18.3. The Morgan fingerprint density at radius 3 is 3.11 bits per heavy atom. The van der Waals surface area contributed by atoms with Crippen LogP contribution in [-0.4, -0.2) is 17.3 Å². The van der Waals surface area contributed by atoms with Crippen LogP contribution in [0.5, 0.6) is 0 Å². The highest BCUT2D eigenvalue weighted by atomic mass is 32.2. The molecule has 1 unspecified atom stereocenters. The van der Waals surface area contributed by atoms with Crippen LogP contribution < -0.4 is 5.32 Å². The maximum absolute atomic E-state index is 4.51. The van der Waals surface area contributed by atoms with Gasteiger partial charge in [0.1, 0.15) is 0 Å². The Labute approximate surface area is 122 Å². The number of benzene rings is 1. The summed E-state index contributed by atoms with van der Waals surface area (Å²) in [4.78, 5) is 4.51. The number of rotatable bonds is 4. The monoisotopic (exact) mass is 290 g/mol. The number of nitrogens with zero attached hydrogens (tertiary/aromatic N) is 1. The Bertz CT molecular complexity index is 551. The third-order valence-corrected chi connectivity index (χ3v) is 5.48. The van der Waals surface area contributed by atoms with Crippen LogP contribution in [0.4, 0.5) is 0 Å². The first kappa shape index (κ1) is 13.2. The van der Waals surface area contributed by atoms with Crippen LogP contribution in [-0.2, 0) is 12.2 Å². The SMILES string of the molecule is Cc1csc(CCNC2CSCc3ccccc32)n1. The first-order valence-corrected chi connectivity index (χ1v) is 8.66. The summed E-state index contributed by atoms with van der Waals surface area (Å²) in [7, 11) is 0. The van der Waals surface area contributed by atoms with Crippen molar-refractivity contribution < 1.29 is 0 Å². The molecule has 0 spiro atoms. The van der Waals surface area contributed by atoms with Gasteiger partial charge in [0.05, 0.1) is 5.01 Å². The number of aryl methyl sites for hydroxylation is 1. The topological polar surface area (TPSA) is 24.9 Å². The quantitative estimate of drug-likeness (QED) is 0.932. The third-order valence-electron chi connectivity index (χ3n) is 3.37. The lowest BCUT2D eigenvalue weighted by molar-refractivity contribution is 0.576. The van der Waals surface area contributed by atoms with E-state index >= 15 is 0 Å². The highest BCUT2D eigenvalue weighted by Gasteiger charge is 2.19. The Hall–Kier alpha value is -0.840. The smallest absolute Gasteiger partial charge is 0.0940 e. The van der Waals surface area contributed by atoms with Gasteiger partial charge in [-0.3, -0.25) is 0 Å². The second-order valence-electron chi connectivity index (χ2n) is 4.85. The van der Waals surface area contributed by atoms with E-state index in [0.717, 1.165) is 24.4 Å². The third kappa shape index (κ3) is 3.19. The van der Waals surface area contributed by atoms with E-state index in [1.165, 1.54) is 21.9 Å². The Morgan fingerprint density at radius 2 is 2.26 bits per heavy atom. The molecule has 0 aliphatic carbocycles. The molecule has 1 atom stereocenters. The summed E-state index contributed by atoms with van der Waals surface area (Å²) in [5.41, 5.74) is 4.11. The van der Waals surface area contributed by atoms with E-state index in [0.29, 0.717) is 6.04 Å². The van der Waals surface area contributed by atoms with Gasteiger partial charge in [0.15, 0.2) is 0 Å². The molecule has 1 N–H and O–H groups in total. The van der Waals surface area contributed by atoms with Crippen molar-refractivity contribution in [1.82, 2.24) is 10.3 Å². The molecule has 100 valence electrons. The standard InChI is InChI=1S/C15H18N2S2/c1-11-8-19-15(17-11)6-7-16-14-10-18-9-12-4-2-3-5-13(12)14/h2-5,8,14,16H,6-7,9-10H2,1H3. The largest absolute Gasteiger partial charge is 0.309 e. The van der Waals surface area contributed by atoms with Crippen LogP contribution in [0.25, 0.3) is 0 Å². The van der Waals surface area contributed by atoms with E-state index in [4.69, 9.17) is 0 Å². The van der Waals surface area contributed by atoms with E-state index in [9.17, 15) is 0 Å². The van der Waals surface area contributed by atoms with Crippen molar-refractivity contribution in [3.05, 3.63) is 51.5 Å². The van der Waals surface area contributed by atoms with Crippen molar-refractivity contribution in [3.8, 4) is 0 Å². The number of aromatic nitrogens is 1. The molecule has 1 aliphatic heterocycles. The van der Waals surface area contributed by atoms with Gasteiger partial charge in [-0.25, -0.2) is 4.98 Å². The highest BCUT2D eigenvalue weighted by molar-refractivity contribution is 7.98. The summed E-state index contributed by atoms with van der Waals surface area (Å²) in [6.07, 6.45) is 1.03. The number of thioether (sulfide) groups is 1. The molecule has 1 aliphatic rings. The van der Waals surface area contributed by atoms with E-state index in [2.05, 4.69) is 46.9 Å². The molecule has 19 heavy (non-hydrogen) atoms. The maximum atomic E-state index is 4.51. The van der Waals surface area contributed by atoms with E-state index in [-0.39, 0.29) is 0 Å². The van der Waals surface area contributed by atoms with Crippen molar-refractivity contribution in [2.24, 2.45) is 0 Å². The lowest BCUT2D eigenvalue weighted by Crippen LogP contribution is -2.28. The Morgan fingerprint density at radius 1 is 1.37 bits per heavy atom. The maximum Gasteiger partial charge on any atom is 0.0940 e. The molecule has 2 heterocycles. The van der Waals surface area contributed by atoms with Gasteiger partial charge in [0.2, 0.25) is 0 Å². The van der Waals surface area contributed by atoms with Crippen LogP contribution in [0.15, 0.2) is 29.6 Å². The molecule has 0 radical (unpaired) electrons. The van der Waals surface area contributed by atoms with Gasteiger partial charge in [0, 0.05) is 41.6 Å². The van der Waals surface area contributed by atoms with Crippen LogP contribution in [0.3, 0.4) is 0 Å². The fourth-order valence-corrected chi connectivity index (χ4v) is 4.33. The van der Waals surface area contributed by atoms with Gasteiger partial charge < -0.3 is 5.32 Å². The van der Waals surface area contributed by atoms with Crippen molar-refractivity contribution in [1.29, 1.82) is 0 Å². The summed E-state index contributed by atoms with van der Waals surface area (Å²) < 4.78 is 0. The average molecular weight is 290 g/mol. The van der Waals surface area contributed by atoms with Crippen molar-refractivity contribution in [2.75, 3.05) is 12.3 Å². The predicted octanol–water partition coefficient (Wildman–Crippen LogP) is 3.57. The molecule has 3 rings (SSSR count). The molecule has 4 heteroatoms. The number of thiazole rings is 1. The Kier molecular flexibility index (Phi) is 4.21. The van der Waals surface area contributed by atoms with Gasteiger partial charge in [-0.2, -0.15) is 11.8 Å². The fourth-order valence-electron chi connectivity index (χ4n) is 2.42. The zero-order valence-electron chi connectivity index (χ0n) is 11.1. The highest BCUT2D eigenvalue weighted by Crippen LogP contribution is 2.31. The van der Waals surface area contributed by atoms with Crippen LogP contribution >= 0.6 is 23.1 Å². The summed E-state index contributed by atoms with van der Waals surface area (Å²) in [5, 5.41) is 7.05. The summed E-state index contributed by atoms with van der Waals surface area (Å²) in [6.45, 7) is 3.06. The molecular formula is C15H18N2S2. The number of hydrogen-bond acceptors (Lipinski definition) is 4. The predicted molar refractivity (Wildman–Crippen MR) is 83.9 cm³/mol. The first-order valence-electron chi connectivity index (χ1n) is 6.63. The minimum Gasteiger partial charge on any atom is -0.309 e. The fraction of sp³-hybridized carbons (Fsp3) is 0.400. The summed E-state index contributed by atoms with van der Waals surface area (Å²) in [6, 6.07) is 9.30. The number of nitrogens with one attached hydrogen (secondary N) is 1. The van der Waals surface area contributed by atoms with Crippen molar-refractivity contribution in [3.63, 3.8) is 0 Å². The van der Waals surface area contributed by atoms with Gasteiger partial charge in [-0.05, 0) is 18.1 Å². The molecule has 0 saturated heterocycles. The lowest BCUT2D eigenvalue weighted by Gasteiger charge is -2.26. The van der Waals surface area contributed by atoms with Crippen LogP contribution in [0, 0.1) is 6.92 Å². The zero-order valence-corrected chi connectivity index (χ0v) is 12.7. The first-order chi connectivity index (χ1) is 9.33. The minimum atomic E-state index is 0.496. The second kappa shape index (κ2) is 6.07. The molecule has 2 aromatic rings. The molecule has 2 nitrogen and oxygen atoms in total. The molecule has 1 aromatic heterocycles. The second-order valence-corrected chi connectivity index (χ2v) is 6.83. The van der Waals surface area contributed by atoms with E-state index < -0.39 is 0 Å². The molecule has 0 amide bonds. The molecule has 0 saturated carbocycles. The number of fused-ring (bicyclic) bond motifs is 1. The number of hydrogen-bond donors (Lipinski definition) is 1. The summed E-state index contributed by atoms with van der Waals surface area (Å²) >= 11 is 3.79. The van der Waals surface area contributed by atoms with E-state index in [1.807, 2.05) is 11.8 Å². The average Bonchev–Trinajstić information content (AvgIpc) is 2.85. The molecule has 0 fully saturated rings. The minimum absolute atomic E-state index is 0.496. The van der Waals surface area contributed by atoms with Gasteiger partial charge >= 0.3 is 0 Å². The molecule has 0 bridgehead atoms. The molecule has 1 aromatic carbocycles. The van der Waals surface area contributed by atoms with Crippen molar-refractivity contribution in [2.45, 2.75) is 25.1 Å². The van der Waals surface area contributed by atoms with E-state index in [1.54, 1.807) is 11.3 Å². The van der Waals surface area contributed by atoms with Gasteiger partial charge in [0.25, 0.3) is 0 Å². The zero-order chi connectivity index (χ0) is 13.1.